The second-order valence-corrected chi connectivity index (χ2v) is 7.47. The normalized spacial score (nSPS) is 24.1. The summed E-state index contributed by atoms with van der Waals surface area (Å²) in [5, 5.41) is 4.00. The molecule has 0 bridgehead atoms. The average Bonchev–Trinajstić information content (AvgIpc) is 3.31. The number of likely N-dealkylation sites (tertiary alicyclic amines) is 1. The van der Waals surface area contributed by atoms with E-state index in [0.29, 0.717) is 24.4 Å². The van der Waals surface area contributed by atoms with Crippen molar-refractivity contribution >= 4 is 28.8 Å². The Bertz CT molecular complexity index is 767. The van der Waals surface area contributed by atoms with E-state index in [4.69, 9.17) is 4.42 Å². The first-order valence-corrected chi connectivity index (χ1v) is 9.23. The predicted octanol–water partition coefficient (Wildman–Crippen LogP) is 3.31. The van der Waals surface area contributed by atoms with E-state index in [0.717, 1.165) is 31.5 Å². The summed E-state index contributed by atoms with van der Waals surface area (Å²) in [6, 6.07) is 3.70. The molecule has 2 aromatic rings. The maximum absolute atomic E-state index is 13.1. The Morgan fingerprint density at radius 3 is 2.88 bits per heavy atom. The number of hydrogen-bond donors (Lipinski definition) is 0. The van der Waals surface area contributed by atoms with Crippen molar-refractivity contribution < 1.29 is 14.0 Å². The third-order valence-corrected chi connectivity index (χ3v) is 5.95. The Morgan fingerprint density at radius 2 is 2.17 bits per heavy atom. The van der Waals surface area contributed by atoms with E-state index in [1.54, 1.807) is 30.6 Å². The van der Waals surface area contributed by atoms with Crippen molar-refractivity contribution in [1.29, 1.82) is 0 Å². The molecule has 0 radical (unpaired) electrons. The second kappa shape index (κ2) is 5.77. The molecular weight excluding hydrogens is 324 g/mol. The van der Waals surface area contributed by atoms with E-state index in [2.05, 4.69) is 0 Å². The van der Waals surface area contributed by atoms with Crippen LogP contribution in [0.3, 0.4) is 0 Å². The zero-order valence-corrected chi connectivity index (χ0v) is 14.5. The Kier molecular flexibility index (Phi) is 3.72. The molecule has 4 heterocycles. The van der Waals surface area contributed by atoms with Gasteiger partial charge in [-0.05, 0) is 43.7 Å². The minimum Gasteiger partial charge on any atom is -0.469 e. The van der Waals surface area contributed by atoms with Crippen molar-refractivity contribution in [2.24, 2.45) is 5.41 Å². The first-order chi connectivity index (χ1) is 11.6. The average molecular weight is 344 g/mol. The van der Waals surface area contributed by atoms with Gasteiger partial charge >= 0.3 is 0 Å². The molecule has 2 aromatic heterocycles. The van der Waals surface area contributed by atoms with E-state index in [1.807, 2.05) is 26.6 Å². The molecular formula is C18H20N2O3S. The number of aryl methyl sites for hydroxylation is 1. The molecule has 5 nitrogen and oxygen atoms in total. The van der Waals surface area contributed by atoms with Crippen molar-refractivity contribution in [1.82, 2.24) is 4.90 Å². The molecule has 126 valence electrons. The van der Waals surface area contributed by atoms with Gasteiger partial charge < -0.3 is 14.2 Å². The van der Waals surface area contributed by atoms with Crippen LogP contribution >= 0.6 is 11.3 Å². The van der Waals surface area contributed by atoms with Crippen molar-refractivity contribution in [3.05, 3.63) is 40.5 Å². The summed E-state index contributed by atoms with van der Waals surface area (Å²) in [4.78, 5) is 29.6. The van der Waals surface area contributed by atoms with Gasteiger partial charge in [-0.3, -0.25) is 9.59 Å². The zero-order valence-electron chi connectivity index (χ0n) is 13.7. The summed E-state index contributed by atoms with van der Waals surface area (Å²) in [6.45, 7) is 3.75. The number of thiophene rings is 1. The van der Waals surface area contributed by atoms with Gasteiger partial charge in [0.05, 0.1) is 22.9 Å². The summed E-state index contributed by atoms with van der Waals surface area (Å²) in [5.41, 5.74) is 1.16. The van der Waals surface area contributed by atoms with Crippen molar-refractivity contribution in [2.75, 3.05) is 24.5 Å². The quantitative estimate of drug-likeness (QED) is 0.840. The van der Waals surface area contributed by atoms with Crippen LogP contribution in [0.4, 0.5) is 5.69 Å². The number of hydrogen-bond acceptors (Lipinski definition) is 4. The Balaban J connectivity index is 1.56. The van der Waals surface area contributed by atoms with Crippen LogP contribution in [0.1, 0.15) is 35.4 Å². The van der Waals surface area contributed by atoms with Crippen molar-refractivity contribution in [3.63, 3.8) is 0 Å². The molecule has 2 aliphatic heterocycles. The van der Waals surface area contributed by atoms with E-state index < -0.39 is 5.41 Å². The molecule has 0 aromatic carbocycles. The molecule has 6 heteroatoms. The van der Waals surface area contributed by atoms with Crippen LogP contribution in [0, 0.1) is 12.3 Å². The topological polar surface area (TPSA) is 53.8 Å². The van der Waals surface area contributed by atoms with E-state index in [9.17, 15) is 9.59 Å². The van der Waals surface area contributed by atoms with Gasteiger partial charge in [-0.2, -0.15) is 11.3 Å². The fourth-order valence-electron chi connectivity index (χ4n) is 3.94. The monoisotopic (exact) mass is 344 g/mol. The molecule has 1 atom stereocenters. The third kappa shape index (κ3) is 2.36. The lowest BCUT2D eigenvalue weighted by Crippen LogP contribution is -2.50. The smallest absolute Gasteiger partial charge is 0.257 e. The van der Waals surface area contributed by atoms with Crippen LogP contribution in [0.5, 0.6) is 0 Å². The maximum atomic E-state index is 13.1. The molecule has 0 N–H and O–H groups in total. The number of amides is 2. The first kappa shape index (κ1) is 15.4. The van der Waals surface area contributed by atoms with Gasteiger partial charge in [0.2, 0.25) is 5.91 Å². The highest BCUT2D eigenvalue weighted by molar-refractivity contribution is 7.08. The Morgan fingerprint density at radius 1 is 1.29 bits per heavy atom. The highest BCUT2D eigenvalue weighted by Gasteiger charge is 2.50. The van der Waals surface area contributed by atoms with E-state index in [-0.39, 0.29) is 11.8 Å². The lowest BCUT2D eigenvalue weighted by atomic mass is 9.78. The highest BCUT2D eigenvalue weighted by atomic mass is 32.1. The standard InChI is InChI=1S/C18H20N2O3S/c1-13-15(3-9-23-13)16(21)19-7-2-5-18(12-19)6-8-20(17(18)22)14-4-10-24-11-14/h3-4,9-11H,2,5-8,12H2,1H3/t18-/m1/s1. The van der Waals surface area contributed by atoms with Gasteiger partial charge in [-0.15, -0.1) is 0 Å². The van der Waals surface area contributed by atoms with Gasteiger partial charge in [0.15, 0.2) is 0 Å². The van der Waals surface area contributed by atoms with Gasteiger partial charge in [0.25, 0.3) is 5.91 Å². The van der Waals surface area contributed by atoms with E-state index >= 15 is 0 Å². The van der Waals surface area contributed by atoms with Crippen LogP contribution in [0.15, 0.2) is 33.6 Å². The number of rotatable bonds is 2. The summed E-state index contributed by atoms with van der Waals surface area (Å²) in [7, 11) is 0. The number of piperidine rings is 1. The maximum Gasteiger partial charge on any atom is 0.257 e. The van der Waals surface area contributed by atoms with Crippen molar-refractivity contribution in [3.8, 4) is 0 Å². The first-order valence-electron chi connectivity index (χ1n) is 8.28. The molecule has 1 spiro atoms. The Hall–Kier alpha value is -2.08. The molecule has 24 heavy (non-hydrogen) atoms. The summed E-state index contributed by atoms with van der Waals surface area (Å²) < 4.78 is 5.26. The number of carbonyl (C=O) groups is 2. The largest absolute Gasteiger partial charge is 0.469 e. The molecule has 0 aliphatic carbocycles. The molecule has 4 rings (SSSR count). The summed E-state index contributed by atoms with van der Waals surface area (Å²) >= 11 is 1.60. The lowest BCUT2D eigenvalue weighted by Gasteiger charge is -2.39. The predicted molar refractivity (Wildman–Crippen MR) is 92.3 cm³/mol. The minimum atomic E-state index is -0.423. The minimum absolute atomic E-state index is 0.0258. The van der Waals surface area contributed by atoms with Gasteiger partial charge in [-0.25, -0.2) is 0 Å². The van der Waals surface area contributed by atoms with E-state index in [1.165, 1.54) is 0 Å². The van der Waals surface area contributed by atoms with Crippen LogP contribution in [0.2, 0.25) is 0 Å². The van der Waals surface area contributed by atoms with Crippen molar-refractivity contribution in [2.45, 2.75) is 26.2 Å². The third-order valence-electron chi connectivity index (χ3n) is 5.28. The Labute approximate surface area is 144 Å². The number of anilines is 1. The lowest BCUT2D eigenvalue weighted by molar-refractivity contribution is -0.127. The number of nitrogens with zero attached hydrogens (tertiary/aromatic N) is 2. The summed E-state index contributed by atoms with van der Waals surface area (Å²) in [5.74, 6) is 0.779. The number of carbonyl (C=O) groups excluding carboxylic acids is 2. The molecule has 2 saturated heterocycles. The van der Waals surface area contributed by atoms with Crippen LogP contribution < -0.4 is 4.90 Å². The second-order valence-electron chi connectivity index (χ2n) is 6.69. The SMILES string of the molecule is Cc1occc1C(=O)N1CCC[C@@]2(CCN(c3ccsc3)C2=O)C1. The highest BCUT2D eigenvalue weighted by Crippen LogP contribution is 2.42. The number of furan rings is 1. The van der Waals surface area contributed by atoms with Gasteiger partial charge in [0, 0.05) is 25.0 Å². The molecule has 2 aliphatic rings. The fourth-order valence-corrected chi connectivity index (χ4v) is 4.58. The molecule has 0 unspecified atom stereocenters. The molecule has 2 fully saturated rings. The summed E-state index contributed by atoms with van der Waals surface area (Å²) in [6.07, 6.45) is 4.09. The van der Waals surface area contributed by atoms with Crippen LogP contribution in [-0.2, 0) is 4.79 Å². The van der Waals surface area contributed by atoms with Gasteiger partial charge in [0.1, 0.15) is 5.76 Å². The fraction of sp³-hybridized carbons (Fsp3) is 0.444. The molecule has 0 saturated carbocycles. The molecule has 2 amide bonds. The zero-order chi connectivity index (χ0) is 16.7. The van der Waals surface area contributed by atoms with Crippen LogP contribution in [-0.4, -0.2) is 36.3 Å². The van der Waals surface area contributed by atoms with Gasteiger partial charge in [-0.1, -0.05) is 0 Å². The van der Waals surface area contributed by atoms with Crippen LogP contribution in [0.25, 0.3) is 0 Å².